The number of nitrogens with zero attached hydrogens (tertiary/aromatic N) is 2. The summed E-state index contributed by atoms with van der Waals surface area (Å²) in [6, 6.07) is 22.3. The number of benzene rings is 3. The molecule has 5 heteroatoms. The summed E-state index contributed by atoms with van der Waals surface area (Å²) >= 11 is 0. The number of aromatic amines is 1. The lowest BCUT2D eigenvalue weighted by Gasteiger charge is -2.07. The quantitative estimate of drug-likeness (QED) is 0.436. The van der Waals surface area contributed by atoms with E-state index >= 15 is 0 Å². The van der Waals surface area contributed by atoms with Crippen molar-refractivity contribution in [3.05, 3.63) is 82.9 Å². The number of hydrogen-bond donors (Lipinski definition) is 1. The van der Waals surface area contributed by atoms with Crippen LogP contribution in [0.2, 0.25) is 0 Å². The minimum atomic E-state index is -0.394. The third-order valence-electron chi connectivity index (χ3n) is 3.96. The molecule has 0 spiro atoms. The number of fused-ring (bicyclic) bond motifs is 1. The highest BCUT2D eigenvalue weighted by atomic mass is 16.6. The summed E-state index contributed by atoms with van der Waals surface area (Å²) in [7, 11) is 0. The molecule has 116 valence electrons. The van der Waals surface area contributed by atoms with Gasteiger partial charge in [0, 0.05) is 17.7 Å². The summed E-state index contributed by atoms with van der Waals surface area (Å²) in [6.45, 7) is 0. The van der Waals surface area contributed by atoms with E-state index in [1.165, 1.54) is 12.1 Å². The highest BCUT2D eigenvalue weighted by Crippen LogP contribution is 2.32. The molecule has 24 heavy (non-hydrogen) atoms. The van der Waals surface area contributed by atoms with E-state index in [0.717, 1.165) is 33.5 Å². The third kappa shape index (κ3) is 2.42. The lowest BCUT2D eigenvalue weighted by Crippen LogP contribution is -1.89. The SMILES string of the molecule is O=[N+]([O-])c1ccc(-c2ccccc2-c2nc3ccccc3[nH]2)cc1. The fourth-order valence-electron chi connectivity index (χ4n) is 2.78. The molecular formula is C19H13N3O2. The molecule has 0 aliphatic rings. The van der Waals surface area contributed by atoms with Crippen LogP contribution in [0.3, 0.4) is 0 Å². The van der Waals surface area contributed by atoms with Gasteiger partial charge in [0.2, 0.25) is 0 Å². The molecule has 0 saturated heterocycles. The normalized spacial score (nSPS) is 10.8. The zero-order valence-corrected chi connectivity index (χ0v) is 12.6. The highest BCUT2D eigenvalue weighted by Gasteiger charge is 2.12. The van der Waals surface area contributed by atoms with Gasteiger partial charge in [-0.2, -0.15) is 0 Å². The molecular weight excluding hydrogens is 302 g/mol. The zero-order chi connectivity index (χ0) is 16.5. The Morgan fingerprint density at radius 2 is 1.50 bits per heavy atom. The first-order valence-corrected chi connectivity index (χ1v) is 7.51. The van der Waals surface area contributed by atoms with Crippen molar-refractivity contribution >= 4 is 16.7 Å². The lowest BCUT2D eigenvalue weighted by atomic mass is 9.99. The Kier molecular flexibility index (Phi) is 3.31. The molecule has 4 rings (SSSR count). The smallest absolute Gasteiger partial charge is 0.269 e. The zero-order valence-electron chi connectivity index (χ0n) is 12.6. The van der Waals surface area contributed by atoms with Crippen molar-refractivity contribution in [3.8, 4) is 22.5 Å². The number of nitrogens with one attached hydrogen (secondary N) is 1. The lowest BCUT2D eigenvalue weighted by molar-refractivity contribution is -0.384. The maximum absolute atomic E-state index is 10.8. The Labute approximate surface area is 137 Å². The molecule has 0 radical (unpaired) electrons. The Morgan fingerprint density at radius 3 is 2.21 bits per heavy atom. The van der Waals surface area contributed by atoms with Gasteiger partial charge in [0.15, 0.2) is 0 Å². The average molecular weight is 315 g/mol. The molecule has 0 unspecified atom stereocenters. The number of nitro groups is 1. The first-order chi connectivity index (χ1) is 11.7. The van der Waals surface area contributed by atoms with Crippen LogP contribution >= 0.6 is 0 Å². The number of imidazole rings is 1. The van der Waals surface area contributed by atoms with Crippen LogP contribution < -0.4 is 0 Å². The van der Waals surface area contributed by atoms with E-state index in [-0.39, 0.29) is 5.69 Å². The van der Waals surface area contributed by atoms with Crippen LogP contribution in [0.5, 0.6) is 0 Å². The summed E-state index contributed by atoms with van der Waals surface area (Å²) in [5.74, 6) is 0.783. The summed E-state index contributed by atoms with van der Waals surface area (Å²) in [6.07, 6.45) is 0. The van der Waals surface area contributed by atoms with Crippen molar-refractivity contribution < 1.29 is 4.92 Å². The number of H-pyrrole nitrogens is 1. The van der Waals surface area contributed by atoms with E-state index < -0.39 is 4.92 Å². The Hall–Kier alpha value is -3.47. The fourth-order valence-corrected chi connectivity index (χ4v) is 2.78. The van der Waals surface area contributed by atoms with Crippen LogP contribution in [-0.2, 0) is 0 Å². The van der Waals surface area contributed by atoms with E-state index in [9.17, 15) is 10.1 Å². The van der Waals surface area contributed by atoms with E-state index in [4.69, 9.17) is 0 Å². The Bertz CT molecular complexity index is 1000. The molecule has 1 N–H and O–H groups in total. The van der Waals surface area contributed by atoms with Gasteiger partial charge in [-0.3, -0.25) is 10.1 Å². The van der Waals surface area contributed by atoms with Crippen molar-refractivity contribution in [3.63, 3.8) is 0 Å². The molecule has 0 atom stereocenters. The second-order valence-corrected chi connectivity index (χ2v) is 5.45. The number of nitro benzene ring substituents is 1. The standard InChI is InChI=1S/C19H13N3O2/c23-22(24)14-11-9-13(10-12-14)15-5-1-2-6-16(15)19-20-17-7-3-4-8-18(17)21-19/h1-12H,(H,20,21). The minimum absolute atomic E-state index is 0.0833. The molecule has 0 fully saturated rings. The van der Waals surface area contributed by atoms with Crippen molar-refractivity contribution in [2.45, 2.75) is 0 Å². The average Bonchev–Trinajstić information content (AvgIpc) is 3.06. The van der Waals surface area contributed by atoms with E-state index in [1.54, 1.807) is 12.1 Å². The topological polar surface area (TPSA) is 71.8 Å². The van der Waals surface area contributed by atoms with Crippen molar-refractivity contribution in [1.82, 2.24) is 9.97 Å². The third-order valence-corrected chi connectivity index (χ3v) is 3.96. The molecule has 0 amide bonds. The van der Waals surface area contributed by atoms with Gasteiger partial charge in [-0.1, -0.05) is 36.4 Å². The summed E-state index contributed by atoms with van der Waals surface area (Å²) in [5, 5.41) is 10.8. The van der Waals surface area contributed by atoms with Crippen molar-refractivity contribution in [2.75, 3.05) is 0 Å². The first-order valence-electron chi connectivity index (χ1n) is 7.51. The van der Waals surface area contributed by atoms with Crippen LogP contribution in [0, 0.1) is 10.1 Å². The maximum atomic E-state index is 10.8. The second-order valence-electron chi connectivity index (χ2n) is 5.45. The van der Waals surface area contributed by atoms with Gasteiger partial charge < -0.3 is 4.98 Å². The van der Waals surface area contributed by atoms with Crippen LogP contribution in [-0.4, -0.2) is 14.9 Å². The Balaban J connectivity index is 1.84. The fraction of sp³-hybridized carbons (Fsp3) is 0. The van der Waals surface area contributed by atoms with Crippen LogP contribution in [0.4, 0.5) is 5.69 Å². The van der Waals surface area contributed by atoms with Crippen molar-refractivity contribution in [1.29, 1.82) is 0 Å². The summed E-state index contributed by atoms with van der Waals surface area (Å²) in [5.41, 5.74) is 4.82. The predicted molar refractivity (Wildman–Crippen MR) is 93.6 cm³/mol. The Morgan fingerprint density at radius 1 is 0.833 bits per heavy atom. The van der Waals surface area contributed by atoms with Gasteiger partial charge in [0.1, 0.15) is 5.82 Å². The number of aromatic nitrogens is 2. The van der Waals surface area contributed by atoms with Crippen LogP contribution in [0.25, 0.3) is 33.5 Å². The van der Waals surface area contributed by atoms with Crippen LogP contribution in [0.15, 0.2) is 72.8 Å². The van der Waals surface area contributed by atoms with Gasteiger partial charge in [-0.15, -0.1) is 0 Å². The summed E-state index contributed by atoms with van der Waals surface area (Å²) in [4.78, 5) is 18.4. The van der Waals surface area contributed by atoms with E-state index in [0.29, 0.717) is 0 Å². The molecule has 0 bridgehead atoms. The largest absolute Gasteiger partial charge is 0.338 e. The number of rotatable bonds is 3. The molecule has 0 saturated carbocycles. The van der Waals surface area contributed by atoms with Gasteiger partial charge in [-0.25, -0.2) is 4.98 Å². The monoisotopic (exact) mass is 315 g/mol. The van der Waals surface area contributed by atoms with Crippen LogP contribution in [0.1, 0.15) is 0 Å². The number of non-ortho nitro benzene ring substituents is 1. The minimum Gasteiger partial charge on any atom is -0.338 e. The van der Waals surface area contributed by atoms with E-state index in [1.807, 2.05) is 48.5 Å². The van der Waals surface area contributed by atoms with Gasteiger partial charge in [0.25, 0.3) is 5.69 Å². The van der Waals surface area contributed by atoms with Gasteiger partial charge >= 0.3 is 0 Å². The first kappa shape index (κ1) is 14.1. The van der Waals surface area contributed by atoms with Gasteiger partial charge in [0.05, 0.1) is 16.0 Å². The molecule has 0 aliphatic carbocycles. The highest BCUT2D eigenvalue weighted by molar-refractivity contribution is 5.85. The molecule has 4 aromatic rings. The summed E-state index contributed by atoms with van der Waals surface area (Å²) < 4.78 is 0. The van der Waals surface area contributed by atoms with Gasteiger partial charge in [-0.05, 0) is 35.4 Å². The van der Waals surface area contributed by atoms with Crippen molar-refractivity contribution in [2.24, 2.45) is 0 Å². The second kappa shape index (κ2) is 5.62. The molecule has 5 nitrogen and oxygen atoms in total. The molecule has 3 aromatic carbocycles. The molecule has 0 aliphatic heterocycles. The maximum Gasteiger partial charge on any atom is 0.269 e. The number of hydrogen-bond acceptors (Lipinski definition) is 3. The molecule has 1 heterocycles. The molecule has 1 aromatic heterocycles. The van der Waals surface area contributed by atoms with E-state index in [2.05, 4.69) is 9.97 Å². The number of para-hydroxylation sites is 2. The predicted octanol–water partition coefficient (Wildman–Crippen LogP) is 4.81.